The summed E-state index contributed by atoms with van der Waals surface area (Å²) in [7, 11) is 3.00. The lowest BCUT2D eigenvalue weighted by molar-refractivity contribution is -0.140. The van der Waals surface area contributed by atoms with Gasteiger partial charge in [-0.2, -0.15) is 18.3 Å². The van der Waals surface area contributed by atoms with Crippen LogP contribution in [0, 0.1) is 5.82 Å². The first-order valence-electron chi connectivity index (χ1n) is 12.0. The number of nitrogens with zero attached hydrogens (tertiary/aromatic N) is 8. The highest BCUT2D eigenvalue weighted by Gasteiger charge is 2.35. The molecule has 39 heavy (non-hydrogen) atoms. The first-order valence-corrected chi connectivity index (χ1v) is 12.4. The van der Waals surface area contributed by atoms with Crippen LogP contribution in [0.15, 0.2) is 36.8 Å². The van der Waals surface area contributed by atoms with E-state index in [1.807, 2.05) is 4.68 Å². The van der Waals surface area contributed by atoms with Crippen molar-refractivity contribution in [2.45, 2.75) is 31.6 Å². The summed E-state index contributed by atoms with van der Waals surface area (Å²) in [6, 6.07) is 4.43. The summed E-state index contributed by atoms with van der Waals surface area (Å²) in [5.41, 5.74) is 0.387. The number of fused-ring (bicyclic) bond motifs is 1. The molecule has 1 aliphatic carbocycles. The summed E-state index contributed by atoms with van der Waals surface area (Å²) in [4.78, 5) is 28.6. The van der Waals surface area contributed by atoms with Crippen molar-refractivity contribution in [3.05, 3.63) is 58.9 Å². The summed E-state index contributed by atoms with van der Waals surface area (Å²) >= 11 is 6.42. The number of anilines is 2. The van der Waals surface area contributed by atoms with Crippen LogP contribution in [-0.2, 0) is 24.6 Å². The molecule has 0 bridgehead atoms. The lowest BCUT2D eigenvalue weighted by Gasteiger charge is -2.34. The van der Waals surface area contributed by atoms with Crippen molar-refractivity contribution in [2.24, 2.45) is 7.05 Å². The van der Waals surface area contributed by atoms with Gasteiger partial charge >= 0.3 is 6.18 Å². The van der Waals surface area contributed by atoms with Gasteiger partial charge in [0, 0.05) is 26.8 Å². The fourth-order valence-electron chi connectivity index (χ4n) is 4.62. The van der Waals surface area contributed by atoms with E-state index in [1.54, 1.807) is 30.4 Å². The minimum absolute atomic E-state index is 0.0206. The molecule has 14 heteroatoms. The van der Waals surface area contributed by atoms with Crippen LogP contribution in [0.2, 0.25) is 5.02 Å². The first kappa shape index (κ1) is 25.3. The number of hydrogen-bond acceptors (Lipinski definition) is 6. The van der Waals surface area contributed by atoms with Gasteiger partial charge in [-0.1, -0.05) is 17.7 Å². The number of aryl methyl sites for hydroxylation is 1. The van der Waals surface area contributed by atoms with Crippen LogP contribution in [0.3, 0.4) is 0 Å². The zero-order valence-corrected chi connectivity index (χ0v) is 21.5. The second kappa shape index (κ2) is 9.04. The Hall–Kier alpha value is -4.00. The van der Waals surface area contributed by atoms with Crippen molar-refractivity contribution in [2.75, 3.05) is 23.4 Å². The third kappa shape index (κ3) is 4.50. The summed E-state index contributed by atoms with van der Waals surface area (Å²) < 4.78 is 57.3. The molecular weight excluding hydrogens is 540 g/mol. The zero-order valence-electron chi connectivity index (χ0n) is 20.7. The maximum Gasteiger partial charge on any atom is 0.434 e. The highest BCUT2D eigenvalue weighted by atomic mass is 35.5. The topological polar surface area (TPSA) is 85.0 Å². The van der Waals surface area contributed by atoms with Crippen LogP contribution in [0.4, 0.5) is 29.1 Å². The third-order valence-corrected chi connectivity index (χ3v) is 7.06. The van der Waals surface area contributed by atoms with Gasteiger partial charge in [0.1, 0.15) is 23.0 Å². The zero-order chi connectivity index (χ0) is 27.6. The summed E-state index contributed by atoms with van der Waals surface area (Å²) in [6.07, 6.45) is 1.23. The molecular formula is C25H21ClF4N8O. The van der Waals surface area contributed by atoms with Crippen LogP contribution in [0.5, 0.6) is 0 Å². The summed E-state index contributed by atoms with van der Waals surface area (Å²) in [6.45, 7) is 0.0947. The number of carbonyl (C=O) groups excluding carboxylic acids is 1. The van der Waals surface area contributed by atoms with Gasteiger partial charge in [0.15, 0.2) is 17.3 Å². The minimum atomic E-state index is -4.64. The fourth-order valence-corrected chi connectivity index (χ4v) is 4.83. The van der Waals surface area contributed by atoms with E-state index >= 15 is 4.39 Å². The second-order valence-electron chi connectivity index (χ2n) is 9.60. The summed E-state index contributed by atoms with van der Waals surface area (Å²) in [5, 5.41) is 4.77. The predicted molar refractivity (Wildman–Crippen MR) is 135 cm³/mol. The SMILES string of the molecule is CN1C(=O)CN(Cc2ccc(-c3nc(C(F)(F)F)cn3C)c(F)c2)c2nc(-c3c(Cl)cnn3C3CC3)ncc21. The molecule has 2 aliphatic rings. The summed E-state index contributed by atoms with van der Waals surface area (Å²) in [5.74, 6) is -0.269. The Morgan fingerprint density at radius 3 is 2.56 bits per heavy atom. The lowest BCUT2D eigenvalue weighted by atomic mass is 10.1. The molecule has 0 spiro atoms. The Morgan fingerprint density at radius 1 is 1.13 bits per heavy atom. The first-order chi connectivity index (χ1) is 18.5. The Balaban J connectivity index is 1.33. The van der Waals surface area contributed by atoms with Crippen molar-refractivity contribution in [1.29, 1.82) is 0 Å². The molecule has 1 aromatic carbocycles. The Morgan fingerprint density at radius 2 is 1.90 bits per heavy atom. The van der Waals surface area contributed by atoms with Gasteiger partial charge in [0.05, 0.1) is 35.6 Å². The van der Waals surface area contributed by atoms with Crippen molar-refractivity contribution in [3.63, 3.8) is 0 Å². The van der Waals surface area contributed by atoms with Gasteiger partial charge in [0.2, 0.25) is 5.91 Å². The van der Waals surface area contributed by atoms with Gasteiger partial charge in [-0.3, -0.25) is 9.48 Å². The second-order valence-corrected chi connectivity index (χ2v) is 10.0. The standard InChI is InChI=1S/C25H21ClF4N8O/c1-35-11-19(25(28,29)30)33-23(35)15-6-3-13(7-17(15)27)10-37-12-20(39)36(2)18-9-31-22(34-24(18)37)21-16(26)8-32-38(21)14-4-5-14/h3,6-9,11,14H,4-5,10,12H2,1-2H3. The molecule has 1 saturated carbocycles. The minimum Gasteiger partial charge on any atom is -0.341 e. The molecule has 1 aliphatic heterocycles. The van der Waals surface area contributed by atoms with Crippen LogP contribution in [-0.4, -0.2) is 48.8 Å². The molecule has 3 aromatic heterocycles. The van der Waals surface area contributed by atoms with Crippen molar-refractivity contribution < 1.29 is 22.4 Å². The monoisotopic (exact) mass is 560 g/mol. The molecule has 0 radical (unpaired) electrons. The van der Waals surface area contributed by atoms with Gasteiger partial charge in [-0.15, -0.1) is 0 Å². The molecule has 4 heterocycles. The fraction of sp³-hybridized carbons (Fsp3) is 0.320. The predicted octanol–water partition coefficient (Wildman–Crippen LogP) is 4.87. The van der Waals surface area contributed by atoms with Crippen LogP contribution >= 0.6 is 11.6 Å². The molecule has 6 rings (SSSR count). The van der Waals surface area contributed by atoms with Crippen molar-refractivity contribution in [1.82, 2.24) is 29.3 Å². The van der Waals surface area contributed by atoms with E-state index in [4.69, 9.17) is 16.6 Å². The quantitative estimate of drug-likeness (QED) is 0.324. The number of alkyl halides is 3. The molecule has 202 valence electrons. The van der Waals surface area contributed by atoms with E-state index < -0.39 is 17.7 Å². The normalized spacial score (nSPS) is 15.7. The Labute approximate surface area is 224 Å². The number of aromatic nitrogens is 6. The average Bonchev–Trinajstić information content (AvgIpc) is 3.54. The van der Waals surface area contributed by atoms with E-state index in [9.17, 15) is 18.0 Å². The lowest BCUT2D eigenvalue weighted by Crippen LogP contribution is -2.44. The Bertz CT molecular complexity index is 1610. The van der Waals surface area contributed by atoms with E-state index in [2.05, 4.69) is 15.1 Å². The number of likely N-dealkylation sites (N-methyl/N-ethyl adjacent to an activating group) is 1. The molecule has 0 saturated heterocycles. The van der Waals surface area contributed by atoms with E-state index in [-0.39, 0.29) is 36.4 Å². The molecule has 1 amide bonds. The van der Waals surface area contributed by atoms with Gasteiger partial charge in [-0.25, -0.2) is 19.3 Å². The van der Waals surface area contributed by atoms with E-state index in [1.165, 1.54) is 24.1 Å². The van der Waals surface area contributed by atoms with Crippen LogP contribution in [0.25, 0.3) is 22.9 Å². The van der Waals surface area contributed by atoms with Crippen LogP contribution < -0.4 is 9.80 Å². The number of imidazole rings is 1. The number of amides is 1. The molecule has 1 fully saturated rings. The number of benzene rings is 1. The van der Waals surface area contributed by atoms with Gasteiger partial charge in [0.25, 0.3) is 0 Å². The highest BCUT2D eigenvalue weighted by Crippen LogP contribution is 2.41. The molecule has 0 atom stereocenters. The molecule has 4 aromatic rings. The number of hydrogen-bond donors (Lipinski definition) is 0. The van der Waals surface area contributed by atoms with Crippen LogP contribution in [0.1, 0.15) is 30.1 Å². The van der Waals surface area contributed by atoms with E-state index in [0.717, 1.165) is 23.6 Å². The number of rotatable bonds is 5. The van der Waals surface area contributed by atoms with E-state index in [0.29, 0.717) is 33.6 Å². The number of carbonyl (C=O) groups is 1. The largest absolute Gasteiger partial charge is 0.434 e. The smallest absolute Gasteiger partial charge is 0.341 e. The van der Waals surface area contributed by atoms with Crippen molar-refractivity contribution in [3.8, 4) is 22.9 Å². The van der Waals surface area contributed by atoms with Gasteiger partial charge in [-0.05, 0) is 30.5 Å². The third-order valence-electron chi connectivity index (χ3n) is 6.78. The average molecular weight is 561 g/mol. The maximum atomic E-state index is 15.2. The van der Waals surface area contributed by atoms with Gasteiger partial charge < -0.3 is 14.4 Å². The molecule has 0 unspecified atom stereocenters. The Kier molecular flexibility index (Phi) is 5.86. The van der Waals surface area contributed by atoms with Crippen molar-refractivity contribution >= 4 is 29.0 Å². The highest BCUT2D eigenvalue weighted by molar-refractivity contribution is 6.32. The maximum absolute atomic E-state index is 15.2. The molecule has 9 nitrogen and oxygen atoms in total. The molecule has 0 N–H and O–H groups in total. The number of halogens is 5.